The number of hydrogen-bond acceptors (Lipinski definition) is 4. The summed E-state index contributed by atoms with van der Waals surface area (Å²) in [6.45, 7) is 0.987. The first-order valence-corrected chi connectivity index (χ1v) is 4.65. The lowest BCUT2D eigenvalue weighted by Gasteiger charge is -2.25. The third-order valence-corrected chi connectivity index (χ3v) is 2.52. The van der Waals surface area contributed by atoms with E-state index >= 15 is 0 Å². The summed E-state index contributed by atoms with van der Waals surface area (Å²) in [6.07, 6.45) is 7.16. The monoisotopic (exact) mass is 178 g/mol. The zero-order valence-electron chi connectivity index (χ0n) is 7.53. The molecule has 1 heterocycles. The van der Waals surface area contributed by atoms with Crippen molar-refractivity contribution in [1.29, 1.82) is 0 Å². The number of aromatic nitrogens is 2. The van der Waals surface area contributed by atoms with Crippen molar-refractivity contribution in [2.24, 2.45) is 5.92 Å². The molecule has 4 nitrogen and oxygen atoms in total. The van der Waals surface area contributed by atoms with Gasteiger partial charge in [-0.1, -0.05) is 6.42 Å². The normalized spacial score (nSPS) is 16.6. The molecule has 0 atom stereocenters. The quantitative estimate of drug-likeness (QED) is 0.731. The third-order valence-electron chi connectivity index (χ3n) is 2.52. The van der Waals surface area contributed by atoms with E-state index in [1.165, 1.54) is 25.6 Å². The maximum absolute atomic E-state index is 5.68. The average Bonchev–Trinajstić information content (AvgIpc) is 2.05. The van der Waals surface area contributed by atoms with E-state index < -0.39 is 0 Å². The minimum Gasteiger partial charge on any atom is -0.394 e. The predicted octanol–water partition coefficient (Wildman–Crippen LogP) is 1.27. The van der Waals surface area contributed by atoms with Crippen molar-refractivity contribution in [1.82, 2.24) is 9.97 Å². The van der Waals surface area contributed by atoms with Gasteiger partial charge in [-0.15, -0.1) is 0 Å². The molecule has 13 heavy (non-hydrogen) atoms. The van der Waals surface area contributed by atoms with Crippen LogP contribution in [-0.2, 0) is 0 Å². The van der Waals surface area contributed by atoms with Crippen LogP contribution >= 0.6 is 0 Å². The molecule has 3 N–H and O–H groups in total. The maximum atomic E-state index is 5.68. The van der Waals surface area contributed by atoms with Gasteiger partial charge in [-0.2, -0.15) is 0 Å². The van der Waals surface area contributed by atoms with Crippen LogP contribution in [0.15, 0.2) is 12.5 Å². The van der Waals surface area contributed by atoms with Crippen molar-refractivity contribution >= 4 is 11.5 Å². The highest BCUT2D eigenvalue weighted by atomic mass is 15.0. The highest BCUT2D eigenvalue weighted by Gasteiger charge is 2.17. The molecule has 1 aromatic heterocycles. The molecule has 0 aromatic carbocycles. The highest BCUT2D eigenvalue weighted by Crippen LogP contribution is 2.26. The van der Waals surface area contributed by atoms with E-state index in [1.807, 2.05) is 0 Å². The van der Waals surface area contributed by atoms with Crippen molar-refractivity contribution in [3.63, 3.8) is 0 Å². The van der Waals surface area contributed by atoms with E-state index in [-0.39, 0.29) is 0 Å². The largest absolute Gasteiger partial charge is 0.394 e. The lowest BCUT2D eigenvalue weighted by molar-refractivity contribution is 0.333. The summed E-state index contributed by atoms with van der Waals surface area (Å²) in [4.78, 5) is 7.89. The van der Waals surface area contributed by atoms with Crippen LogP contribution in [0.2, 0.25) is 0 Å². The summed E-state index contributed by atoms with van der Waals surface area (Å²) >= 11 is 0. The van der Waals surface area contributed by atoms with Gasteiger partial charge in [0.1, 0.15) is 6.33 Å². The first-order valence-electron chi connectivity index (χ1n) is 4.65. The van der Waals surface area contributed by atoms with E-state index in [9.17, 15) is 0 Å². The lowest BCUT2D eigenvalue weighted by atomic mass is 9.85. The van der Waals surface area contributed by atoms with E-state index in [0.717, 1.165) is 18.3 Å². The van der Waals surface area contributed by atoms with Crippen LogP contribution in [0.1, 0.15) is 19.3 Å². The van der Waals surface area contributed by atoms with Crippen molar-refractivity contribution in [2.45, 2.75) is 19.3 Å². The van der Waals surface area contributed by atoms with Crippen LogP contribution in [0.25, 0.3) is 0 Å². The summed E-state index contributed by atoms with van der Waals surface area (Å²) < 4.78 is 0. The molecule has 1 aliphatic rings. The molecule has 0 saturated heterocycles. The molecule has 1 fully saturated rings. The number of rotatable bonds is 3. The van der Waals surface area contributed by atoms with Crippen LogP contribution in [-0.4, -0.2) is 16.5 Å². The van der Waals surface area contributed by atoms with E-state index in [0.29, 0.717) is 5.69 Å². The lowest BCUT2D eigenvalue weighted by Crippen LogP contribution is -2.21. The minimum absolute atomic E-state index is 0.627. The van der Waals surface area contributed by atoms with Crippen LogP contribution in [0.5, 0.6) is 0 Å². The molecule has 1 saturated carbocycles. The van der Waals surface area contributed by atoms with Gasteiger partial charge in [0.25, 0.3) is 0 Å². The van der Waals surface area contributed by atoms with Crippen LogP contribution < -0.4 is 11.1 Å². The van der Waals surface area contributed by atoms with Gasteiger partial charge >= 0.3 is 0 Å². The van der Waals surface area contributed by atoms with Gasteiger partial charge in [0.2, 0.25) is 0 Å². The Morgan fingerprint density at radius 1 is 1.54 bits per heavy atom. The molecule has 1 aromatic rings. The molecule has 1 aliphatic carbocycles. The molecule has 2 rings (SSSR count). The SMILES string of the molecule is Nc1cncnc1NCC1CCC1. The van der Waals surface area contributed by atoms with Gasteiger partial charge in [0, 0.05) is 6.54 Å². The van der Waals surface area contributed by atoms with Crippen molar-refractivity contribution < 1.29 is 0 Å². The zero-order valence-corrected chi connectivity index (χ0v) is 7.53. The van der Waals surface area contributed by atoms with Crippen molar-refractivity contribution in [3.05, 3.63) is 12.5 Å². The minimum atomic E-state index is 0.627. The molecule has 0 spiro atoms. The summed E-state index contributed by atoms with van der Waals surface area (Å²) in [7, 11) is 0. The number of nitrogen functional groups attached to an aromatic ring is 1. The molecule has 0 aliphatic heterocycles. The Hall–Kier alpha value is -1.32. The second-order valence-electron chi connectivity index (χ2n) is 3.50. The number of hydrogen-bond donors (Lipinski definition) is 2. The van der Waals surface area contributed by atoms with Crippen LogP contribution in [0, 0.1) is 5.92 Å². The molecular weight excluding hydrogens is 164 g/mol. The number of nitrogens with two attached hydrogens (primary N) is 1. The van der Waals surface area contributed by atoms with Crippen LogP contribution in [0.3, 0.4) is 0 Å². The smallest absolute Gasteiger partial charge is 0.152 e. The zero-order chi connectivity index (χ0) is 9.10. The Morgan fingerprint density at radius 3 is 3.00 bits per heavy atom. The fourth-order valence-electron chi connectivity index (χ4n) is 1.43. The number of anilines is 2. The van der Waals surface area contributed by atoms with Gasteiger partial charge in [-0.05, 0) is 18.8 Å². The van der Waals surface area contributed by atoms with Gasteiger partial charge in [0.05, 0.1) is 11.9 Å². The Morgan fingerprint density at radius 2 is 2.38 bits per heavy atom. The first kappa shape index (κ1) is 8.29. The summed E-state index contributed by atoms with van der Waals surface area (Å²) in [5, 5.41) is 3.24. The molecule has 0 radical (unpaired) electrons. The second kappa shape index (κ2) is 3.60. The van der Waals surface area contributed by atoms with Gasteiger partial charge in [0.15, 0.2) is 5.82 Å². The molecule has 70 valence electrons. The average molecular weight is 178 g/mol. The highest BCUT2D eigenvalue weighted by molar-refractivity contribution is 5.58. The number of nitrogens with one attached hydrogen (secondary N) is 1. The summed E-state index contributed by atoms with van der Waals surface area (Å²) in [5.41, 5.74) is 6.31. The van der Waals surface area contributed by atoms with Crippen LogP contribution in [0.4, 0.5) is 11.5 Å². The summed E-state index contributed by atoms with van der Waals surface area (Å²) in [5.74, 6) is 1.58. The standard InChI is InChI=1S/C9H14N4/c10-8-5-11-6-13-9(8)12-4-7-2-1-3-7/h5-7H,1-4,10H2,(H,11,12,13). The maximum Gasteiger partial charge on any atom is 0.152 e. The molecular formula is C9H14N4. The van der Waals surface area contributed by atoms with Crippen molar-refractivity contribution in [3.8, 4) is 0 Å². The topological polar surface area (TPSA) is 63.8 Å². The third kappa shape index (κ3) is 1.88. The molecule has 0 amide bonds. The fraction of sp³-hybridized carbons (Fsp3) is 0.556. The molecule has 0 unspecified atom stereocenters. The Bertz CT molecular complexity index is 283. The van der Waals surface area contributed by atoms with Gasteiger partial charge in [-0.25, -0.2) is 9.97 Å². The molecule has 0 bridgehead atoms. The Balaban J connectivity index is 1.89. The van der Waals surface area contributed by atoms with Crippen molar-refractivity contribution in [2.75, 3.05) is 17.6 Å². The predicted molar refractivity (Wildman–Crippen MR) is 52.3 cm³/mol. The number of nitrogens with zero attached hydrogens (tertiary/aromatic N) is 2. The Labute approximate surface area is 77.6 Å². The fourth-order valence-corrected chi connectivity index (χ4v) is 1.43. The van der Waals surface area contributed by atoms with Gasteiger partial charge < -0.3 is 11.1 Å². The first-order chi connectivity index (χ1) is 6.36. The second-order valence-corrected chi connectivity index (χ2v) is 3.50. The van der Waals surface area contributed by atoms with E-state index in [4.69, 9.17) is 5.73 Å². The molecule has 4 heteroatoms. The van der Waals surface area contributed by atoms with E-state index in [2.05, 4.69) is 15.3 Å². The van der Waals surface area contributed by atoms with Gasteiger partial charge in [-0.3, -0.25) is 0 Å². The summed E-state index contributed by atoms with van der Waals surface area (Å²) in [6, 6.07) is 0. The van der Waals surface area contributed by atoms with E-state index in [1.54, 1.807) is 6.20 Å². The Kier molecular flexibility index (Phi) is 2.29.